The van der Waals surface area contributed by atoms with Crippen molar-refractivity contribution in [1.82, 2.24) is 0 Å². The molecule has 0 spiro atoms. The zero-order valence-corrected chi connectivity index (χ0v) is 10.5. The largest absolute Gasteiger partial charge is 0.426 e. The Kier molecular flexibility index (Phi) is 4.11. The van der Waals surface area contributed by atoms with Crippen LogP contribution in [0.4, 0.5) is 0 Å². The summed E-state index contributed by atoms with van der Waals surface area (Å²) in [6.45, 7) is 7.93. The number of hydrogen-bond donors (Lipinski definition) is 0. The highest BCUT2D eigenvalue weighted by molar-refractivity contribution is 5.78. The second-order valence-electron chi connectivity index (χ2n) is 4.42. The van der Waals surface area contributed by atoms with Gasteiger partial charge in [-0.3, -0.25) is 4.79 Å². The normalized spacial score (nSPS) is 11.2. The molecule has 0 saturated carbocycles. The second-order valence-corrected chi connectivity index (χ2v) is 4.42. The van der Waals surface area contributed by atoms with Crippen molar-refractivity contribution in [2.24, 2.45) is 5.41 Å². The van der Waals surface area contributed by atoms with Crippen LogP contribution in [0.25, 0.3) is 0 Å². The number of para-hydroxylation sites is 1. The third kappa shape index (κ3) is 2.63. The van der Waals surface area contributed by atoms with Crippen molar-refractivity contribution >= 4 is 5.97 Å². The number of esters is 1. The zero-order chi connectivity index (χ0) is 12.2. The molecule has 0 N–H and O–H groups in total. The van der Waals surface area contributed by atoms with Gasteiger partial charge < -0.3 is 4.74 Å². The molecule has 88 valence electrons. The van der Waals surface area contributed by atoms with Crippen LogP contribution in [0.15, 0.2) is 24.3 Å². The molecule has 0 aliphatic carbocycles. The van der Waals surface area contributed by atoms with Gasteiger partial charge in [-0.05, 0) is 38.3 Å². The molecule has 1 rings (SSSR count). The lowest BCUT2D eigenvalue weighted by atomic mass is 9.85. The fourth-order valence-electron chi connectivity index (χ4n) is 1.43. The summed E-state index contributed by atoms with van der Waals surface area (Å²) in [4.78, 5) is 12.0. The number of carbonyl (C=O) groups is 1. The molecule has 0 fully saturated rings. The molecule has 0 atom stereocenters. The summed E-state index contributed by atoms with van der Waals surface area (Å²) in [5.41, 5.74) is 0.618. The predicted octanol–water partition coefficient (Wildman–Crippen LogP) is 3.73. The van der Waals surface area contributed by atoms with E-state index in [1.165, 1.54) is 0 Å². The average Bonchev–Trinajstić information content (AvgIpc) is 2.31. The smallest absolute Gasteiger partial charge is 0.317 e. The Morgan fingerprint density at radius 2 is 1.81 bits per heavy atom. The first-order chi connectivity index (χ1) is 7.53. The van der Waals surface area contributed by atoms with Gasteiger partial charge in [-0.2, -0.15) is 0 Å². The first-order valence-corrected chi connectivity index (χ1v) is 5.81. The third-order valence-corrected chi connectivity index (χ3v) is 3.35. The summed E-state index contributed by atoms with van der Waals surface area (Å²) < 4.78 is 5.45. The molecular weight excluding hydrogens is 200 g/mol. The molecule has 2 nitrogen and oxygen atoms in total. The summed E-state index contributed by atoms with van der Waals surface area (Å²) in [5.74, 6) is 0.535. The number of hydrogen-bond acceptors (Lipinski definition) is 2. The lowest BCUT2D eigenvalue weighted by Crippen LogP contribution is -2.30. The van der Waals surface area contributed by atoms with Crippen molar-refractivity contribution < 1.29 is 9.53 Å². The maximum atomic E-state index is 12.0. The van der Waals surface area contributed by atoms with Gasteiger partial charge in [0.15, 0.2) is 0 Å². The van der Waals surface area contributed by atoms with Crippen LogP contribution in [0.2, 0.25) is 0 Å². The van der Waals surface area contributed by atoms with E-state index in [4.69, 9.17) is 4.74 Å². The van der Waals surface area contributed by atoms with E-state index in [-0.39, 0.29) is 11.4 Å². The summed E-state index contributed by atoms with van der Waals surface area (Å²) >= 11 is 0. The zero-order valence-electron chi connectivity index (χ0n) is 10.5. The minimum absolute atomic E-state index is 0.133. The van der Waals surface area contributed by atoms with Crippen LogP contribution in [-0.4, -0.2) is 5.97 Å². The quantitative estimate of drug-likeness (QED) is 0.571. The molecule has 0 aliphatic heterocycles. The Balaban J connectivity index is 2.83. The van der Waals surface area contributed by atoms with Crippen molar-refractivity contribution in [3.63, 3.8) is 0 Å². The standard InChI is InChI=1S/C14H20O2/c1-5-14(4,6-2)13(15)16-12-10-8-7-9-11(12)3/h7-10H,5-6H2,1-4H3. The second kappa shape index (κ2) is 5.15. The van der Waals surface area contributed by atoms with Crippen molar-refractivity contribution in [2.75, 3.05) is 0 Å². The minimum atomic E-state index is -0.373. The van der Waals surface area contributed by atoms with Crippen LogP contribution in [0.3, 0.4) is 0 Å². The monoisotopic (exact) mass is 220 g/mol. The highest BCUT2D eigenvalue weighted by Gasteiger charge is 2.31. The molecule has 0 bridgehead atoms. The molecule has 0 aliphatic rings. The van der Waals surface area contributed by atoms with Gasteiger partial charge in [-0.15, -0.1) is 0 Å². The van der Waals surface area contributed by atoms with E-state index in [9.17, 15) is 4.79 Å². The van der Waals surface area contributed by atoms with Gasteiger partial charge in [0.1, 0.15) is 5.75 Å². The Morgan fingerprint density at radius 3 is 2.31 bits per heavy atom. The van der Waals surface area contributed by atoms with Crippen molar-refractivity contribution in [3.8, 4) is 5.75 Å². The molecular formula is C14H20O2. The SMILES string of the molecule is CCC(C)(CC)C(=O)Oc1ccccc1C. The van der Waals surface area contributed by atoms with E-state index in [2.05, 4.69) is 0 Å². The van der Waals surface area contributed by atoms with Crippen LogP contribution in [0.5, 0.6) is 5.75 Å². The average molecular weight is 220 g/mol. The van der Waals surface area contributed by atoms with Crippen molar-refractivity contribution in [3.05, 3.63) is 29.8 Å². The Hall–Kier alpha value is -1.31. The molecule has 0 heterocycles. The number of benzene rings is 1. The van der Waals surface area contributed by atoms with Gasteiger partial charge in [-0.1, -0.05) is 32.0 Å². The van der Waals surface area contributed by atoms with E-state index in [1.54, 1.807) is 0 Å². The van der Waals surface area contributed by atoms with E-state index in [1.807, 2.05) is 52.0 Å². The van der Waals surface area contributed by atoms with E-state index in [0.717, 1.165) is 18.4 Å². The van der Waals surface area contributed by atoms with E-state index in [0.29, 0.717) is 5.75 Å². The van der Waals surface area contributed by atoms with Gasteiger partial charge in [0, 0.05) is 0 Å². The van der Waals surface area contributed by atoms with Gasteiger partial charge >= 0.3 is 5.97 Å². The topological polar surface area (TPSA) is 26.3 Å². The van der Waals surface area contributed by atoms with Crippen LogP contribution in [0.1, 0.15) is 39.2 Å². The van der Waals surface area contributed by atoms with E-state index >= 15 is 0 Å². The molecule has 0 amide bonds. The predicted molar refractivity (Wildman–Crippen MR) is 65.5 cm³/mol. The Bertz CT molecular complexity index is 365. The highest BCUT2D eigenvalue weighted by atomic mass is 16.5. The number of ether oxygens (including phenoxy) is 1. The molecule has 0 aromatic heterocycles. The van der Waals surface area contributed by atoms with Crippen molar-refractivity contribution in [1.29, 1.82) is 0 Å². The maximum Gasteiger partial charge on any atom is 0.317 e. The molecule has 1 aromatic rings. The van der Waals surface area contributed by atoms with Gasteiger partial charge in [0.2, 0.25) is 0 Å². The molecule has 0 unspecified atom stereocenters. The van der Waals surface area contributed by atoms with Gasteiger partial charge in [0.05, 0.1) is 5.41 Å². The van der Waals surface area contributed by atoms with Crippen LogP contribution < -0.4 is 4.74 Å². The highest BCUT2D eigenvalue weighted by Crippen LogP contribution is 2.28. The number of carbonyl (C=O) groups excluding carboxylic acids is 1. The lowest BCUT2D eigenvalue weighted by molar-refractivity contribution is -0.145. The fourth-order valence-corrected chi connectivity index (χ4v) is 1.43. The van der Waals surface area contributed by atoms with Gasteiger partial charge in [-0.25, -0.2) is 0 Å². The Morgan fingerprint density at radius 1 is 1.25 bits per heavy atom. The lowest BCUT2D eigenvalue weighted by Gasteiger charge is -2.24. The fraction of sp³-hybridized carbons (Fsp3) is 0.500. The third-order valence-electron chi connectivity index (χ3n) is 3.35. The van der Waals surface area contributed by atoms with Crippen molar-refractivity contribution in [2.45, 2.75) is 40.5 Å². The molecule has 2 heteroatoms. The molecule has 1 aromatic carbocycles. The minimum Gasteiger partial charge on any atom is -0.426 e. The van der Waals surface area contributed by atoms with Crippen LogP contribution >= 0.6 is 0 Å². The summed E-state index contributed by atoms with van der Waals surface area (Å²) in [6.07, 6.45) is 1.60. The Labute approximate surface area is 97.6 Å². The maximum absolute atomic E-state index is 12.0. The first kappa shape index (κ1) is 12.8. The number of rotatable bonds is 4. The van der Waals surface area contributed by atoms with Crippen LogP contribution in [0, 0.1) is 12.3 Å². The molecule has 0 saturated heterocycles. The number of aryl methyl sites for hydroxylation is 1. The van der Waals surface area contributed by atoms with Crippen LogP contribution in [-0.2, 0) is 4.79 Å². The summed E-state index contributed by atoms with van der Waals surface area (Å²) in [5, 5.41) is 0. The van der Waals surface area contributed by atoms with Gasteiger partial charge in [0.25, 0.3) is 0 Å². The first-order valence-electron chi connectivity index (χ1n) is 5.81. The summed E-state index contributed by atoms with van der Waals surface area (Å²) in [7, 11) is 0. The van der Waals surface area contributed by atoms with E-state index < -0.39 is 0 Å². The molecule has 16 heavy (non-hydrogen) atoms. The molecule has 0 radical (unpaired) electrons. The summed E-state index contributed by atoms with van der Waals surface area (Å²) in [6, 6.07) is 7.59.